The van der Waals surface area contributed by atoms with E-state index in [1.54, 1.807) is 0 Å². The predicted octanol–water partition coefficient (Wildman–Crippen LogP) is 2.74. The highest BCUT2D eigenvalue weighted by molar-refractivity contribution is 4.90. The van der Waals surface area contributed by atoms with Crippen LogP contribution in [0.5, 0.6) is 0 Å². The van der Waals surface area contributed by atoms with Gasteiger partial charge in [-0.2, -0.15) is 0 Å². The lowest BCUT2D eigenvalue weighted by Gasteiger charge is -2.34. The number of nitrogens with one attached hydrogen (secondary N) is 1. The molecule has 1 unspecified atom stereocenters. The van der Waals surface area contributed by atoms with Gasteiger partial charge < -0.3 is 5.32 Å². The van der Waals surface area contributed by atoms with E-state index in [9.17, 15) is 0 Å². The van der Waals surface area contributed by atoms with E-state index in [1.165, 1.54) is 19.4 Å². The van der Waals surface area contributed by atoms with E-state index in [0.717, 1.165) is 37.0 Å². The molecule has 1 rings (SSSR count). The SMILES string of the molecule is CCN(C1CC1)C(CNCC(C)C)C(C)C. The van der Waals surface area contributed by atoms with Crippen LogP contribution in [0.3, 0.4) is 0 Å². The first-order chi connectivity index (χ1) is 7.56. The van der Waals surface area contributed by atoms with Gasteiger partial charge in [-0.1, -0.05) is 34.6 Å². The van der Waals surface area contributed by atoms with E-state index in [4.69, 9.17) is 0 Å². The minimum absolute atomic E-state index is 0.719. The Morgan fingerprint density at radius 2 is 1.75 bits per heavy atom. The minimum Gasteiger partial charge on any atom is -0.315 e. The minimum atomic E-state index is 0.719. The summed E-state index contributed by atoms with van der Waals surface area (Å²) in [4.78, 5) is 2.71. The highest BCUT2D eigenvalue weighted by atomic mass is 15.2. The number of likely N-dealkylation sites (N-methyl/N-ethyl adjacent to an activating group) is 1. The maximum Gasteiger partial charge on any atom is 0.0246 e. The van der Waals surface area contributed by atoms with Crippen LogP contribution in [0.1, 0.15) is 47.5 Å². The van der Waals surface area contributed by atoms with Gasteiger partial charge in [0.05, 0.1) is 0 Å². The van der Waals surface area contributed by atoms with Gasteiger partial charge in [-0.05, 0) is 37.8 Å². The largest absolute Gasteiger partial charge is 0.315 e. The molecule has 1 aliphatic rings. The summed E-state index contributed by atoms with van der Waals surface area (Å²) in [5.74, 6) is 1.50. The van der Waals surface area contributed by atoms with E-state index in [1.807, 2.05) is 0 Å². The molecule has 0 radical (unpaired) electrons. The predicted molar refractivity (Wildman–Crippen MR) is 71.7 cm³/mol. The Bertz CT molecular complexity index is 185. The zero-order valence-electron chi connectivity index (χ0n) is 11.8. The Kier molecular flexibility index (Phi) is 5.77. The molecule has 0 aromatic carbocycles. The molecule has 0 aliphatic heterocycles. The van der Waals surface area contributed by atoms with Crippen molar-refractivity contribution < 1.29 is 0 Å². The fourth-order valence-corrected chi connectivity index (χ4v) is 2.43. The molecule has 0 bridgehead atoms. The molecule has 0 spiro atoms. The standard InChI is InChI=1S/C14H30N2/c1-6-16(13-7-8-13)14(12(4)5)10-15-9-11(2)3/h11-15H,6-10H2,1-5H3. The summed E-state index contributed by atoms with van der Waals surface area (Å²) in [5, 5.41) is 3.62. The molecular weight excluding hydrogens is 196 g/mol. The summed E-state index contributed by atoms with van der Waals surface area (Å²) in [5.41, 5.74) is 0. The smallest absolute Gasteiger partial charge is 0.0246 e. The molecular formula is C14H30N2. The Morgan fingerprint density at radius 3 is 2.12 bits per heavy atom. The van der Waals surface area contributed by atoms with Crippen molar-refractivity contribution in [3.8, 4) is 0 Å². The van der Waals surface area contributed by atoms with Crippen molar-refractivity contribution in [1.29, 1.82) is 0 Å². The molecule has 0 amide bonds. The van der Waals surface area contributed by atoms with Crippen LogP contribution >= 0.6 is 0 Å². The molecule has 1 N–H and O–H groups in total. The van der Waals surface area contributed by atoms with Crippen LogP contribution in [-0.4, -0.2) is 36.6 Å². The van der Waals surface area contributed by atoms with E-state index in [0.29, 0.717) is 0 Å². The molecule has 16 heavy (non-hydrogen) atoms. The first kappa shape index (κ1) is 14.0. The first-order valence-corrected chi connectivity index (χ1v) is 7.02. The van der Waals surface area contributed by atoms with Gasteiger partial charge in [-0.15, -0.1) is 0 Å². The number of hydrogen-bond donors (Lipinski definition) is 1. The Balaban J connectivity index is 2.39. The lowest BCUT2D eigenvalue weighted by atomic mass is 10.0. The molecule has 0 saturated heterocycles. The fraction of sp³-hybridized carbons (Fsp3) is 1.00. The van der Waals surface area contributed by atoms with Crippen LogP contribution in [0.2, 0.25) is 0 Å². The maximum atomic E-state index is 3.62. The van der Waals surface area contributed by atoms with Crippen molar-refractivity contribution in [3.63, 3.8) is 0 Å². The summed E-state index contributed by atoms with van der Waals surface area (Å²) in [6.45, 7) is 15.1. The fourth-order valence-electron chi connectivity index (χ4n) is 2.43. The second kappa shape index (κ2) is 6.61. The summed E-state index contributed by atoms with van der Waals surface area (Å²) in [7, 11) is 0. The van der Waals surface area contributed by atoms with Crippen LogP contribution < -0.4 is 5.32 Å². The lowest BCUT2D eigenvalue weighted by Crippen LogP contribution is -2.47. The molecule has 0 aromatic rings. The molecule has 0 aromatic heterocycles. The Morgan fingerprint density at radius 1 is 1.12 bits per heavy atom. The Labute approximate surface area is 102 Å². The van der Waals surface area contributed by atoms with Crippen LogP contribution in [0.25, 0.3) is 0 Å². The van der Waals surface area contributed by atoms with Gasteiger partial charge in [-0.25, -0.2) is 0 Å². The summed E-state index contributed by atoms with van der Waals surface area (Å²) < 4.78 is 0. The topological polar surface area (TPSA) is 15.3 Å². The third kappa shape index (κ3) is 4.42. The van der Waals surface area contributed by atoms with Crippen LogP contribution in [0.15, 0.2) is 0 Å². The molecule has 0 heterocycles. The second-order valence-corrected chi connectivity index (χ2v) is 5.93. The second-order valence-electron chi connectivity index (χ2n) is 5.93. The maximum absolute atomic E-state index is 3.62. The lowest BCUT2D eigenvalue weighted by molar-refractivity contribution is 0.149. The van der Waals surface area contributed by atoms with E-state index in [-0.39, 0.29) is 0 Å². The quantitative estimate of drug-likeness (QED) is 0.684. The van der Waals surface area contributed by atoms with Crippen molar-refractivity contribution in [1.82, 2.24) is 10.2 Å². The molecule has 2 heteroatoms. The molecule has 1 atom stereocenters. The van der Waals surface area contributed by atoms with Gasteiger partial charge in [0.25, 0.3) is 0 Å². The van der Waals surface area contributed by atoms with E-state index in [2.05, 4.69) is 44.8 Å². The average Bonchev–Trinajstić information content (AvgIpc) is 2.99. The van der Waals surface area contributed by atoms with Gasteiger partial charge in [0.1, 0.15) is 0 Å². The summed E-state index contributed by atoms with van der Waals surface area (Å²) in [6.07, 6.45) is 2.84. The zero-order chi connectivity index (χ0) is 12.1. The highest BCUT2D eigenvalue weighted by Crippen LogP contribution is 2.30. The van der Waals surface area contributed by atoms with Crippen molar-refractivity contribution in [2.45, 2.75) is 59.5 Å². The van der Waals surface area contributed by atoms with Gasteiger partial charge in [-0.3, -0.25) is 4.90 Å². The zero-order valence-corrected chi connectivity index (χ0v) is 11.8. The number of rotatable bonds is 8. The van der Waals surface area contributed by atoms with Gasteiger partial charge in [0.2, 0.25) is 0 Å². The monoisotopic (exact) mass is 226 g/mol. The normalized spacial score (nSPS) is 18.8. The molecule has 1 aliphatic carbocycles. The van der Waals surface area contributed by atoms with E-state index >= 15 is 0 Å². The van der Waals surface area contributed by atoms with Crippen LogP contribution in [0.4, 0.5) is 0 Å². The highest BCUT2D eigenvalue weighted by Gasteiger charge is 2.33. The summed E-state index contributed by atoms with van der Waals surface area (Å²) >= 11 is 0. The van der Waals surface area contributed by atoms with Gasteiger partial charge in [0.15, 0.2) is 0 Å². The van der Waals surface area contributed by atoms with Gasteiger partial charge >= 0.3 is 0 Å². The summed E-state index contributed by atoms with van der Waals surface area (Å²) in [6, 6.07) is 1.61. The first-order valence-electron chi connectivity index (χ1n) is 7.02. The van der Waals surface area contributed by atoms with Crippen molar-refractivity contribution in [3.05, 3.63) is 0 Å². The average molecular weight is 226 g/mol. The van der Waals surface area contributed by atoms with Crippen LogP contribution in [-0.2, 0) is 0 Å². The number of nitrogens with zero attached hydrogens (tertiary/aromatic N) is 1. The van der Waals surface area contributed by atoms with Crippen LogP contribution in [0, 0.1) is 11.8 Å². The molecule has 96 valence electrons. The third-order valence-electron chi connectivity index (χ3n) is 3.48. The molecule has 1 saturated carbocycles. The van der Waals surface area contributed by atoms with Crippen molar-refractivity contribution >= 4 is 0 Å². The van der Waals surface area contributed by atoms with Crippen molar-refractivity contribution in [2.75, 3.05) is 19.6 Å². The third-order valence-corrected chi connectivity index (χ3v) is 3.48. The van der Waals surface area contributed by atoms with Gasteiger partial charge in [0, 0.05) is 18.6 Å². The van der Waals surface area contributed by atoms with Crippen molar-refractivity contribution in [2.24, 2.45) is 11.8 Å². The van der Waals surface area contributed by atoms with E-state index < -0.39 is 0 Å². The molecule has 1 fully saturated rings. The Hall–Kier alpha value is -0.0800. The number of hydrogen-bond acceptors (Lipinski definition) is 2. The molecule has 2 nitrogen and oxygen atoms in total.